The molecule has 0 saturated heterocycles. The average molecular weight is 421 g/mol. The number of anilines is 1. The van der Waals surface area contributed by atoms with Crippen LogP contribution in [0.2, 0.25) is 0 Å². The van der Waals surface area contributed by atoms with Crippen LogP contribution in [0.3, 0.4) is 0 Å². The molecule has 4 bridgehead atoms. The molecule has 3 aromatic rings. The average Bonchev–Trinajstić information content (AvgIpc) is 3.20. The molecule has 4 fully saturated rings. The minimum atomic E-state index is 0.0864. The number of thiazole rings is 1. The van der Waals surface area contributed by atoms with Gasteiger partial charge in [0, 0.05) is 17.4 Å². The smallest absolute Gasteiger partial charge is 0.250 e. The van der Waals surface area contributed by atoms with E-state index in [0.717, 1.165) is 34.0 Å². The summed E-state index contributed by atoms with van der Waals surface area (Å²) in [5.74, 6) is 3.10. The van der Waals surface area contributed by atoms with Crippen molar-refractivity contribution in [3.8, 4) is 11.3 Å². The minimum absolute atomic E-state index is 0.0864. The first-order chi connectivity index (χ1) is 14.5. The van der Waals surface area contributed by atoms with Crippen LogP contribution in [-0.4, -0.2) is 20.5 Å². The number of carbonyl (C=O) groups is 1. The Morgan fingerprint density at radius 1 is 1.17 bits per heavy atom. The lowest BCUT2D eigenvalue weighted by Gasteiger charge is -2.56. The van der Waals surface area contributed by atoms with Crippen LogP contribution in [0, 0.1) is 37.0 Å². The fourth-order valence-electron chi connectivity index (χ4n) is 7.04. The quantitative estimate of drug-likeness (QED) is 0.596. The monoisotopic (exact) mass is 420 g/mol. The molecule has 2 heterocycles. The zero-order valence-electron chi connectivity index (χ0n) is 17.6. The molecular weight excluding hydrogens is 392 g/mol. The molecule has 1 N–H and O–H groups in total. The predicted octanol–water partition coefficient (Wildman–Crippen LogP) is 5.62. The molecule has 4 aliphatic rings. The zero-order valence-corrected chi connectivity index (χ0v) is 18.5. The van der Waals surface area contributed by atoms with Crippen molar-refractivity contribution in [3.63, 3.8) is 0 Å². The van der Waals surface area contributed by atoms with Crippen molar-refractivity contribution in [1.82, 2.24) is 14.6 Å². The Kier molecular flexibility index (Phi) is 4.11. The third kappa shape index (κ3) is 3.08. The Balaban J connectivity index is 1.22. The van der Waals surface area contributed by atoms with Crippen molar-refractivity contribution < 1.29 is 4.79 Å². The highest BCUT2D eigenvalue weighted by Crippen LogP contribution is 2.61. The fourth-order valence-corrected chi connectivity index (χ4v) is 7.86. The van der Waals surface area contributed by atoms with Crippen LogP contribution in [0.15, 0.2) is 23.6 Å². The Labute approximate surface area is 180 Å². The summed E-state index contributed by atoms with van der Waals surface area (Å²) in [5, 5.41) is 9.74. The number of aryl methyl sites for hydroxylation is 2. The summed E-state index contributed by atoms with van der Waals surface area (Å²) >= 11 is 1.56. The summed E-state index contributed by atoms with van der Waals surface area (Å²) < 4.78 is 1.86. The van der Waals surface area contributed by atoms with Crippen LogP contribution >= 0.6 is 11.3 Å². The maximum atomic E-state index is 12.9. The number of nitrogens with one attached hydrogen (secondary N) is 1. The number of carbonyl (C=O) groups excluding carboxylic acids is 1. The first-order valence-corrected chi connectivity index (χ1v) is 12.1. The molecular formula is C24H28N4OS. The van der Waals surface area contributed by atoms with Crippen LogP contribution in [0.4, 0.5) is 5.95 Å². The van der Waals surface area contributed by atoms with E-state index in [1.54, 1.807) is 11.3 Å². The lowest BCUT2D eigenvalue weighted by molar-refractivity contribution is -0.124. The number of rotatable bonds is 4. The summed E-state index contributed by atoms with van der Waals surface area (Å²) in [7, 11) is 0. The summed E-state index contributed by atoms with van der Waals surface area (Å²) in [6, 6.07) is 6.44. The first-order valence-electron chi connectivity index (χ1n) is 11.2. The molecule has 1 aromatic carbocycles. The highest BCUT2D eigenvalue weighted by Gasteiger charge is 2.51. The maximum Gasteiger partial charge on any atom is 0.250 e. The van der Waals surface area contributed by atoms with Gasteiger partial charge < -0.3 is 0 Å². The van der Waals surface area contributed by atoms with Gasteiger partial charge in [0.2, 0.25) is 16.8 Å². The van der Waals surface area contributed by atoms with E-state index < -0.39 is 0 Å². The topological polar surface area (TPSA) is 59.3 Å². The van der Waals surface area contributed by atoms with Gasteiger partial charge in [-0.25, -0.2) is 4.52 Å². The maximum absolute atomic E-state index is 12.9. The van der Waals surface area contributed by atoms with Crippen LogP contribution in [0.25, 0.3) is 16.2 Å². The second-order valence-electron chi connectivity index (χ2n) is 10.2. The van der Waals surface area contributed by atoms with Gasteiger partial charge in [-0.2, -0.15) is 4.98 Å². The lowest BCUT2D eigenvalue weighted by Crippen LogP contribution is -2.47. The van der Waals surface area contributed by atoms with E-state index in [2.05, 4.69) is 52.8 Å². The molecule has 4 saturated carbocycles. The Morgan fingerprint density at radius 2 is 1.87 bits per heavy atom. The molecule has 0 spiro atoms. The van der Waals surface area contributed by atoms with Crippen LogP contribution < -0.4 is 5.32 Å². The molecule has 0 atom stereocenters. The van der Waals surface area contributed by atoms with Crippen LogP contribution in [0.5, 0.6) is 0 Å². The highest BCUT2D eigenvalue weighted by molar-refractivity contribution is 7.15. The van der Waals surface area contributed by atoms with Gasteiger partial charge in [0.1, 0.15) is 0 Å². The summed E-state index contributed by atoms with van der Waals surface area (Å²) in [4.78, 5) is 18.3. The van der Waals surface area contributed by atoms with Gasteiger partial charge in [-0.3, -0.25) is 10.1 Å². The molecule has 6 heteroatoms. The van der Waals surface area contributed by atoms with E-state index in [1.807, 2.05) is 4.52 Å². The van der Waals surface area contributed by atoms with E-state index in [4.69, 9.17) is 0 Å². The van der Waals surface area contributed by atoms with Gasteiger partial charge in [0.05, 0.1) is 5.69 Å². The number of hydrogen-bond acceptors (Lipinski definition) is 4. The number of fused-ring (bicyclic) bond motifs is 1. The number of aromatic nitrogens is 3. The van der Waals surface area contributed by atoms with Crippen LogP contribution in [-0.2, 0) is 4.79 Å². The predicted molar refractivity (Wildman–Crippen MR) is 120 cm³/mol. The van der Waals surface area contributed by atoms with Gasteiger partial charge in [-0.15, -0.1) is 16.4 Å². The van der Waals surface area contributed by atoms with Crippen molar-refractivity contribution in [1.29, 1.82) is 0 Å². The van der Waals surface area contributed by atoms with Crippen molar-refractivity contribution in [2.45, 2.75) is 58.8 Å². The minimum Gasteiger partial charge on any atom is -0.293 e. The highest BCUT2D eigenvalue weighted by atomic mass is 32.1. The van der Waals surface area contributed by atoms with Crippen molar-refractivity contribution in [3.05, 3.63) is 34.7 Å². The Hall–Kier alpha value is -2.21. The zero-order chi connectivity index (χ0) is 20.5. The molecule has 2 aromatic heterocycles. The molecule has 0 unspecified atom stereocenters. The second kappa shape index (κ2) is 6.64. The van der Waals surface area contributed by atoms with Gasteiger partial charge in [-0.05, 0) is 81.1 Å². The second-order valence-corrected chi connectivity index (χ2v) is 11.0. The van der Waals surface area contributed by atoms with Gasteiger partial charge in [0.25, 0.3) is 0 Å². The molecule has 30 heavy (non-hydrogen) atoms. The third-order valence-corrected chi connectivity index (χ3v) is 8.51. The van der Waals surface area contributed by atoms with Crippen LogP contribution in [0.1, 0.15) is 56.1 Å². The van der Waals surface area contributed by atoms with Crippen molar-refractivity contribution in [2.24, 2.45) is 23.2 Å². The molecule has 156 valence electrons. The fraction of sp³-hybridized carbons (Fsp3) is 0.542. The Morgan fingerprint density at radius 3 is 2.53 bits per heavy atom. The standard InChI is InChI=1S/C24H28N4OS/c1-14-3-4-19(15(2)5-14)20-13-30-23-26-22(27-28(20)23)25-21(29)12-24-9-16-6-17(10-24)8-18(7-16)11-24/h3-5,13,16-18H,6-12H2,1-2H3,(H,25,27,29). The van der Waals surface area contributed by atoms with Gasteiger partial charge >= 0.3 is 0 Å². The lowest BCUT2D eigenvalue weighted by atomic mass is 9.49. The Bertz CT molecular complexity index is 1110. The first kappa shape index (κ1) is 18.6. The van der Waals surface area contributed by atoms with Crippen molar-refractivity contribution in [2.75, 3.05) is 5.32 Å². The molecule has 7 rings (SSSR count). The molecule has 1 amide bonds. The van der Waals surface area contributed by atoms with E-state index >= 15 is 0 Å². The summed E-state index contributed by atoms with van der Waals surface area (Å²) in [6.45, 7) is 4.23. The summed E-state index contributed by atoms with van der Waals surface area (Å²) in [6.07, 6.45) is 8.58. The molecule has 5 nitrogen and oxygen atoms in total. The van der Waals surface area contributed by atoms with Crippen molar-refractivity contribution >= 4 is 28.2 Å². The molecule has 0 radical (unpaired) electrons. The third-order valence-electron chi connectivity index (χ3n) is 7.69. The number of amides is 1. The largest absolute Gasteiger partial charge is 0.293 e. The normalized spacial score (nSPS) is 29.6. The number of hydrogen-bond donors (Lipinski definition) is 1. The summed E-state index contributed by atoms with van der Waals surface area (Å²) in [5.41, 5.74) is 4.89. The van der Waals surface area contributed by atoms with Gasteiger partial charge in [-0.1, -0.05) is 23.8 Å². The van der Waals surface area contributed by atoms with Gasteiger partial charge in [0.15, 0.2) is 0 Å². The van der Waals surface area contributed by atoms with E-state index in [1.165, 1.54) is 49.7 Å². The number of nitrogens with zero attached hydrogens (tertiary/aromatic N) is 3. The number of benzene rings is 1. The van der Waals surface area contributed by atoms with E-state index in [0.29, 0.717) is 12.4 Å². The van der Waals surface area contributed by atoms with E-state index in [-0.39, 0.29) is 11.3 Å². The van der Waals surface area contributed by atoms with E-state index in [9.17, 15) is 4.79 Å². The SMILES string of the molecule is Cc1ccc(-c2csc3nc(NC(=O)CC45CC6CC(CC(C6)C4)C5)nn23)c(C)c1. The molecule has 0 aliphatic heterocycles. The molecule has 4 aliphatic carbocycles.